The molecule has 0 unspecified atom stereocenters. The van der Waals surface area contributed by atoms with E-state index in [0.717, 1.165) is 19.3 Å². The van der Waals surface area contributed by atoms with Crippen LogP contribution in [0.4, 0.5) is 4.79 Å². The summed E-state index contributed by atoms with van der Waals surface area (Å²) in [6.45, 7) is 5.00. The van der Waals surface area contributed by atoms with Crippen LogP contribution in [0.5, 0.6) is 0 Å². The zero-order chi connectivity index (χ0) is 12.5. The highest BCUT2D eigenvalue weighted by molar-refractivity contribution is 5.66. The molecule has 0 aromatic heterocycles. The van der Waals surface area contributed by atoms with Gasteiger partial charge < -0.3 is 10.1 Å². The molecule has 3 nitrogen and oxygen atoms in total. The average molecular weight is 235 g/mol. The summed E-state index contributed by atoms with van der Waals surface area (Å²) in [7, 11) is 0. The fourth-order valence-corrected chi connectivity index (χ4v) is 1.58. The molecule has 0 aliphatic carbocycles. The summed E-state index contributed by atoms with van der Waals surface area (Å²) in [6, 6.07) is 8.58. The molecular formula is C14H21NO2. The monoisotopic (exact) mass is 235 g/mol. The molecule has 1 amide bonds. The highest BCUT2D eigenvalue weighted by Crippen LogP contribution is 2.06. The summed E-state index contributed by atoms with van der Waals surface area (Å²) in [5.41, 5.74) is 2.64. The van der Waals surface area contributed by atoms with E-state index in [1.807, 2.05) is 0 Å². The van der Waals surface area contributed by atoms with Crippen LogP contribution in [-0.4, -0.2) is 19.2 Å². The number of amides is 1. The van der Waals surface area contributed by atoms with E-state index >= 15 is 0 Å². The van der Waals surface area contributed by atoms with Gasteiger partial charge in [0.25, 0.3) is 0 Å². The summed E-state index contributed by atoms with van der Waals surface area (Å²) < 4.78 is 4.77. The first-order chi connectivity index (χ1) is 8.22. The van der Waals surface area contributed by atoms with Gasteiger partial charge in [0.05, 0.1) is 6.61 Å². The lowest BCUT2D eigenvalue weighted by Crippen LogP contribution is -2.25. The summed E-state index contributed by atoms with van der Waals surface area (Å²) >= 11 is 0. The van der Waals surface area contributed by atoms with Crippen LogP contribution in [-0.2, 0) is 11.2 Å². The fraction of sp³-hybridized carbons (Fsp3) is 0.500. The first kappa shape index (κ1) is 13.6. The number of aryl methyl sites for hydroxylation is 2. The summed E-state index contributed by atoms with van der Waals surface area (Å²) in [5, 5.41) is 2.72. The summed E-state index contributed by atoms with van der Waals surface area (Å²) in [5.74, 6) is 0. The van der Waals surface area contributed by atoms with Crippen LogP contribution in [0.15, 0.2) is 24.3 Å². The molecule has 0 spiro atoms. The van der Waals surface area contributed by atoms with Crippen molar-refractivity contribution in [1.82, 2.24) is 5.32 Å². The first-order valence-electron chi connectivity index (χ1n) is 6.18. The van der Waals surface area contributed by atoms with E-state index in [4.69, 9.17) is 4.74 Å². The standard InChI is InChI=1S/C14H21NO2/c1-3-17-14(16)15-11-5-4-6-13-9-7-12(2)8-10-13/h7-10H,3-6,11H2,1-2H3,(H,15,16). The van der Waals surface area contributed by atoms with Gasteiger partial charge in [0.1, 0.15) is 0 Å². The molecule has 0 radical (unpaired) electrons. The molecule has 0 bridgehead atoms. The van der Waals surface area contributed by atoms with Gasteiger partial charge in [-0.1, -0.05) is 29.8 Å². The Morgan fingerprint density at radius 3 is 2.59 bits per heavy atom. The van der Waals surface area contributed by atoms with E-state index in [9.17, 15) is 4.79 Å². The third-order valence-electron chi connectivity index (χ3n) is 2.56. The molecular weight excluding hydrogens is 214 g/mol. The van der Waals surface area contributed by atoms with E-state index in [1.165, 1.54) is 11.1 Å². The number of benzene rings is 1. The molecule has 3 heteroatoms. The topological polar surface area (TPSA) is 38.3 Å². The lowest BCUT2D eigenvalue weighted by molar-refractivity contribution is 0.152. The zero-order valence-electron chi connectivity index (χ0n) is 10.7. The number of nitrogens with one attached hydrogen (secondary N) is 1. The van der Waals surface area contributed by atoms with Crippen molar-refractivity contribution < 1.29 is 9.53 Å². The maximum Gasteiger partial charge on any atom is 0.407 e. The molecule has 0 fully saturated rings. The van der Waals surface area contributed by atoms with Gasteiger partial charge >= 0.3 is 6.09 Å². The molecule has 0 heterocycles. The van der Waals surface area contributed by atoms with Crippen LogP contribution < -0.4 is 5.32 Å². The normalized spacial score (nSPS) is 10.0. The van der Waals surface area contributed by atoms with Crippen LogP contribution in [0, 0.1) is 6.92 Å². The number of alkyl carbamates (subject to hydrolysis) is 1. The molecule has 0 aliphatic rings. The minimum Gasteiger partial charge on any atom is -0.450 e. The van der Waals surface area contributed by atoms with Crippen molar-refractivity contribution in [3.8, 4) is 0 Å². The van der Waals surface area contributed by atoms with Crippen LogP contribution in [0.3, 0.4) is 0 Å². The second-order valence-electron chi connectivity index (χ2n) is 4.09. The van der Waals surface area contributed by atoms with Crippen molar-refractivity contribution >= 4 is 6.09 Å². The summed E-state index contributed by atoms with van der Waals surface area (Å²) in [4.78, 5) is 11.0. The van der Waals surface area contributed by atoms with Gasteiger partial charge in [0, 0.05) is 6.54 Å². The third kappa shape index (κ3) is 5.95. The second kappa shape index (κ2) is 7.71. The molecule has 17 heavy (non-hydrogen) atoms. The number of hydrogen-bond donors (Lipinski definition) is 1. The van der Waals surface area contributed by atoms with Gasteiger partial charge in [-0.05, 0) is 38.7 Å². The lowest BCUT2D eigenvalue weighted by atomic mass is 10.1. The van der Waals surface area contributed by atoms with E-state index < -0.39 is 0 Å². The highest BCUT2D eigenvalue weighted by Gasteiger charge is 1.98. The van der Waals surface area contributed by atoms with Crippen molar-refractivity contribution in [2.75, 3.05) is 13.2 Å². The van der Waals surface area contributed by atoms with Crippen LogP contribution >= 0.6 is 0 Å². The minimum absolute atomic E-state index is 0.317. The van der Waals surface area contributed by atoms with Gasteiger partial charge in [-0.2, -0.15) is 0 Å². The molecule has 0 saturated heterocycles. The highest BCUT2D eigenvalue weighted by atomic mass is 16.5. The number of carbonyl (C=O) groups is 1. The molecule has 0 saturated carbocycles. The van der Waals surface area contributed by atoms with E-state index in [0.29, 0.717) is 13.2 Å². The SMILES string of the molecule is CCOC(=O)NCCCCc1ccc(C)cc1. The minimum atomic E-state index is -0.317. The lowest BCUT2D eigenvalue weighted by Gasteiger charge is -2.05. The number of carbonyl (C=O) groups excluding carboxylic acids is 1. The Kier molecular flexibility index (Phi) is 6.15. The van der Waals surface area contributed by atoms with Crippen molar-refractivity contribution in [1.29, 1.82) is 0 Å². The molecule has 0 atom stereocenters. The number of unbranched alkanes of at least 4 members (excludes halogenated alkanes) is 1. The second-order valence-corrected chi connectivity index (χ2v) is 4.09. The smallest absolute Gasteiger partial charge is 0.407 e. The Hall–Kier alpha value is -1.51. The van der Waals surface area contributed by atoms with Gasteiger partial charge in [-0.25, -0.2) is 4.79 Å². The molecule has 1 N–H and O–H groups in total. The first-order valence-corrected chi connectivity index (χ1v) is 6.18. The van der Waals surface area contributed by atoms with Gasteiger partial charge in [-0.15, -0.1) is 0 Å². The molecule has 1 aromatic rings. The number of ether oxygens (including phenoxy) is 1. The van der Waals surface area contributed by atoms with Crippen molar-refractivity contribution in [2.45, 2.75) is 33.1 Å². The Morgan fingerprint density at radius 1 is 1.24 bits per heavy atom. The fourth-order valence-electron chi connectivity index (χ4n) is 1.58. The Bertz CT molecular complexity index is 333. The predicted octanol–water partition coefficient (Wildman–Crippen LogP) is 3.06. The van der Waals surface area contributed by atoms with Gasteiger partial charge in [-0.3, -0.25) is 0 Å². The van der Waals surface area contributed by atoms with E-state index in [-0.39, 0.29) is 6.09 Å². The van der Waals surface area contributed by atoms with Crippen LogP contribution in [0.1, 0.15) is 30.9 Å². The number of hydrogen-bond acceptors (Lipinski definition) is 2. The van der Waals surface area contributed by atoms with E-state index in [2.05, 4.69) is 36.5 Å². The molecule has 0 aliphatic heterocycles. The third-order valence-corrected chi connectivity index (χ3v) is 2.56. The molecule has 94 valence electrons. The van der Waals surface area contributed by atoms with Crippen molar-refractivity contribution in [2.24, 2.45) is 0 Å². The zero-order valence-corrected chi connectivity index (χ0v) is 10.7. The summed E-state index contributed by atoms with van der Waals surface area (Å²) in [6.07, 6.45) is 2.80. The Balaban J connectivity index is 2.08. The van der Waals surface area contributed by atoms with Gasteiger partial charge in [0.2, 0.25) is 0 Å². The largest absolute Gasteiger partial charge is 0.450 e. The van der Waals surface area contributed by atoms with Crippen LogP contribution in [0.2, 0.25) is 0 Å². The van der Waals surface area contributed by atoms with Gasteiger partial charge in [0.15, 0.2) is 0 Å². The van der Waals surface area contributed by atoms with E-state index in [1.54, 1.807) is 6.92 Å². The maximum atomic E-state index is 11.0. The molecule has 1 aromatic carbocycles. The maximum absolute atomic E-state index is 11.0. The Morgan fingerprint density at radius 2 is 1.94 bits per heavy atom. The average Bonchev–Trinajstić information content (AvgIpc) is 2.31. The van der Waals surface area contributed by atoms with Crippen molar-refractivity contribution in [3.63, 3.8) is 0 Å². The number of rotatable bonds is 6. The quantitative estimate of drug-likeness (QED) is 0.769. The molecule has 1 rings (SSSR count). The van der Waals surface area contributed by atoms with Crippen molar-refractivity contribution in [3.05, 3.63) is 35.4 Å². The Labute approximate surface area is 103 Å². The van der Waals surface area contributed by atoms with Crippen LogP contribution in [0.25, 0.3) is 0 Å². The predicted molar refractivity (Wildman–Crippen MR) is 69.1 cm³/mol.